The zero-order valence-electron chi connectivity index (χ0n) is 11.1. The number of hydrogen-bond acceptors (Lipinski definition) is 3. The Bertz CT molecular complexity index is 588. The van der Waals surface area contributed by atoms with Gasteiger partial charge in [0.1, 0.15) is 5.52 Å². The number of benzene rings is 1. The Morgan fingerprint density at radius 3 is 2.95 bits per heavy atom. The first kappa shape index (κ1) is 12.8. The number of imidazole rings is 1. The van der Waals surface area contributed by atoms with E-state index in [2.05, 4.69) is 21.4 Å². The molecule has 0 unspecified atom stereocenters. The largest absolute Gasteiger partial charge is 0.369 e. The molecule has 3 rings (SSSR count). The van der Waals surface area contributed by atoms with Gasteiger partial charge < -0.3 is 10.3 Å². The summed E-state index contributed by atoms with van der Waals surface area (Å²) in [4.78, 5) is 6.88. The predicted molar refractivity (Wildman–Crippen MR) is 79.4 cm³/mol. The molecule has 0 saturated heterocycles. The molecule has 4 nitrogen and oxygen atoms in total. The Morgan fingerprint density at radius 2 is 2.26 bits per heavy atom. The predicted octanol–water partition coefficient (Wildman–Crippen LogP) is 2.76. The van der Waals surface area contributed by atoms with Gasteiger partial charge in [-0.15, -0.1) is 0 Å². The van der Waals surface area contributed by atoms with Crippen LogP contribution in [0, 0.1) is 0 Å². The first-order valence-electron chi connectivity index (χ1n) is 6.85. The number of anilines is 1. The molecule has 2 N–H and O–H groups in total. The molecule has 0 aliphatic heterocycles. The highest BCUT2D eigenvalue weighted by Gasteiger charge is 2.27. The van der Waals surface area contributed by atoms with Crippen LogP contribution in [-0.4, -0.2) is 33.6 Å². The second-order valence-electron chi connectivity index (χ2n) is 5.09. The van der Waals surface area contributed by atoms with Gasteiger partial charge in [-0.05, 0) is 31.5 Å². The molecule has 1 aromatic heterocycles. The van der Waals surface area contributed by atoms with E-state index in [9.17, 15) is 0 Å². The van der Waals surface area contributed by atoms with Crippen molar-refractivity contribution in [2.45, 2.75) is 32.4 Å². The number of nitrogens with two attached hydrogens (primary N) is 1. The molecule has 0 bridgehead atoms. The van der Waals surface area contributed by atoms with Crippen molar-refractivity contribution in [2.75, 3.05) is 18.8 Å². The maximum Gasteiger partial charge on any atom is 0.201 e. The second kappa shape index (κ2) is 5.02. The zero-order chi connectivity index (χ0) is 13.4. The van der Waals surface area contributed by atoms with Gasteiger partial charge in [-0.1, -0.05) is 24.6 Å². The van der Waals surface area contributed by atoms with Gasteiger partial charge in [0.05, 0.1) is 10.5 Å². The molecule has 0 amide bonds. The summed E-state index contributed by atoms with van der Waals surface area (Å²) in [6, 6.07) is 6.60. The van der Waals surface area contributed by atoms with E-state index in [0.29, 0.717) is 11.0 Å². The number of fused-ring (bicyclic) bond motifs is 1. The monoisotopic (exact) mass is 278 g/mol. The van der Waals surface area contributed by atoms with E-state index in [0.717, 1.165) is 36.7 Å². The van der Waals surface area contributed by atoms with Crippen molar-refractivity contribution in [3.05, 3.63) is 23.2 Å². The second-order valence-corrected chi connectivity index (χ2v) is 5.50. The number of likely N-dealkylation sites (N-methyl/N-ethyl adjacent to an activating group) is 1. The van der Waals surface area contributed by atoms with Crippen LogP contribution < -0.4 is 5.73 Å². The fraction of sp³-hybridized carbons (Fsp3) is 0.500. The van der Waals surface area contributed by atoms with Crippen molar-refractivity contribution in [3.8, 4) is 0 Å². The van der Waals surface area contributed by atoms with Crippen molar-refractivity contribution in [1.82, 2.24) is 14.5 Å². The number of hydrogen-bond donors (Lipinski definition) is 1. The molecule has 1 aliphatic carbocycles. The molecule has 2 aromatic rings. The van der Waals surface area contributed by atoms with Gasteiger partial charge in [-0.2, -0.15) is 0 Å². The molecule has 1 saturated carbocycles. The highest BCUT2D eigenvalue weighted by atomic mass is 35.5. The lowest BCUT2D eigenvalue weighted by Crippen LogP contribution is -2.29. The number of nitrogen functional groups attached to an aromatic ring is 1. The third-order valence-corrected chi connectivity index (χ3v) is 4.14. The summed E-state index contributed by atoms with van der Waals surface area (Å²) in [5, 5.41) is 0.664. The molecule has 102 valence electrons. The van der Waals surface area contributed by atoms with Crippen LogP contribution in [0.3, 0.4) is 0 Å². The van der Waals surface area contributed by atoms with Gasteiger partial charge in [0, 0.05) is 19.1 Å². The van der Waals surface area contributed by atoms with E-state index in [1.54, 1.807) is 0 Å². The minimum absolute atomic E-state index is 0.551. The maximum atomic E-state index is 6.15. The number of aromatic nitrogens is 2. The van der Waals surface area contributed by atoms with Crippen molar-refractivity contribution < 1.29 is 0 Å². The standard InChI is InChI=1S/C14H19ClN4/c1-2-18(10-6-7-10)8-9-19-12-5-3-4-11(15)13(12)17-14(19)16/h3-5,10H,2,6-9H2,1H3,(H2,16,17). The normalized spacial score (nSPS) is 15.5. The first-order valence-corrected chi connectivity index (χ1v) is 7.22. The molecule has 1 heterocycles. The Kier molecular flexibility index (Phi) is 3.37. The molecule has 0 atom stereocenters. The quantitative estimate of drug-likeness (QED) is 0.915. The van der Waals surface area contributed by atoms with Gasteiger partial charge in [0.25, 0.3) is 0 Å². The summed E-state index contributed by atoms with van der Waals surface area (Å²) >= 11 is 6.15. The number of nitrogens with zero attached hydrogens (tertiary/aromatic N) is 3. The van der Waals surface area contributed by atoms with Crippen molar-refractivity contribution in [1.29, 1.82) is 0 Å². The Morgan fingerprint density at radius 1 is 1.47 bits per heavy atom. The average Bonchev–Trinajstić information content (AvgIpc) is 3.17. The van der Waals surface area contributed by atoms with Gasteiger partial charge >= 0.3 is 0 Å². The van der Waals surface area contributed by atoms with Crippen LogP contribution >= 0.6 is 11.6 Å². The highest BCUT2D eigenvalue weighted by Crippen LogP contribution is 2.28. The van der Waals surface area contributed by atoms with Crippen LogP contribution in [0.4, 0.5) is 5.95 Å². The first-order chi connectivity index (χ1) is 9.20. The maximum absolute atomic E-state index is 6.15. The van der Waals surface area contributed by atoms with Crippen molar-refractivity contribution in [3.63, 3.8) is 0 Å². The molecule has 0 spiro atoms. The van der Waals surface area contributed by atoms with E-state index < -0.39 is 0 Å². The third-order valence-electron chi connectivity index (χ3n) is 3.84. The lowest BCUT2D eigenvalue weighted by molar-refractivity contribution is 0.268. The Balaban J connectivity index is 1.84. The summed E-state index contributed by atoms with van der Waals surface area (Å²) in [5.41, 5.74) is 7.84. The van der Waals surface area contributed by atoms with E-state index in [1.165, 1.54) is 12.8 Å². The molecule has 1 aliphatic rings. The molecule has 0 radical (unpaired) electrons. The van der Waals surface area contributed by atoms with Gasteiger partial charge in [-0.3, -0.25) is 4.90 Å². The fourth-order valence-electron chi connectivity index (χ4n) is 2.63. The molecule has 5 heteroatoms. The average molecular weight is 279 g/mol. The molecular formula is C14H19ClN4. The lowest BCUT2D eigenvalue weighted by Gasteiger charge is -2.20. The summed E-state index contributed by atoms with van der Waals surface area (Å²) in [5.74, 6) is 0.551. The topological polar surface area (TPSA) is 47.1 Å². The molecular weight excluding hydrogens is 260 g/mol. The van der Waals surface area contributed by atoms with Crippen LogP contribution in [0.5, 0.6) is 0 Å². The number of halogens is 1. The minimum Gasteiger partial charge on any atom is -0.369 e. The van der Waals surface area contributed by atoms with Crippen molar-refractivity contribution >= 4 is 28.6 Å². The zero-order valence-corrected chi connectivity index (χ0v) is 11.9. The summed E-state index contributed by atoms with van der Waals surface area (Å²) in [6.07, 6.45) is 2.67. The Labute approximate surface area is 118 Å². The van der Waals surface area contributed by atoms with Crippen LogP contribution in [0.15, 0.2) is 18.2 Å². The van der Waals surface area contributed by atoms with Crippen LogP contribution in [-0.2, 0) is 6.54 Å². The van der Waals surface area contributed by atoms with E-state index in [-0.39, 0.29) is 0 Å². The van der Waals surface area contributed by atoms with Crippen molar-refractivity contribution in [2.24, 2.45) is 0 Å². The highest BCUT2D eigenvalue weighted by molar-refractivity contribution is 6.35. The fourth-order valence-corrected chi connectivity index (χ4v) is 2.84. The summed E-state index contributed by atoms with van der Waals surface area (Å²) in [6.45, 7) is 5.19. The van der Waals surface area contributed by atoms with Gasteiger partial charge in [0.15, 0.2) is 0 Å². The van der Waals surface area contributed by atoms with Gasteiger partial charge in [-0.25, -0.2) is 4.98 Å². The van der Waals surface area contributed by atoms with Crippen LogP contribution in [0.1, 0.15) is 19.8 Å². The van der Waals surface area contributed by atoms with Crippen LogP contribution in [0.25, 0.3) is 11.0 Å². The van der Waals surface area contributed by atoms with E-state index in [4.69, 9.17) is 17.3 Å². The Hall–Kier alpha value is -1.26. The smallest absolute Gasteiger partial charge is 0.201 e. The number of rotatable bonds is 5. The lowest BCUT2D eigenvalue weighted by atomic mass is 10.3. The van der Waals surface area contributed by atoms with Crippen LogP contribution in [0.2, 0.25) is 5.02 Å². The molecule has 19 heavy (non-hydrogen) atoms. The molecule has 1 fully saturated rings. The van der Waals surface area contributed by atoms with E-state index in [1.807, 2.05) is 18.2 Å². The number of para-hydroxylation sites is 1. The van der Waals surface area contributed by atoms with Gasteiger partial charge in [0.2, 0.25) is 5.95 Å². The minimum atomic E-state index is 0.551. The SMILES string of the molecule is CCN(CCn1c(N)nc2c(Cl)cccc21)C1CC1. The summed E-state index contributed by atoms with van der Waals surface area (Å²) in [7, 11) is 0. The molecule has 1 aromatic carbocycles. The summed E-state index contributed by atoms with van der Waals surface area (Å²) < 4.78 is 2.06. The van der Waals surface area contributed by atoms with E-state index >= 15 is 0 Å². The third kappa shape index (κ3) is 2.42.